The zero-order valence-corrected chi connectivity index (χ0v) is 13.9. The Bertz CT molecular complexity index is 703. The van der Waals surface area contributed by atoms with Gasteiger partial charge in [0.2, 0.25) is 0 Å². The fourth-order valence-corrected chi connectivity index (χ4v) is 3.06. The Hall–Kier alpha value is -2.53. The van der Waals surface area contributed by atoms with Crippen molar-refractivity contribution in [2.75, 3.05) is 25.9 Å². The molecule has 0 unspecified atom stereocenters. The van der Waals surface area contributed by atoms with E-state index in [2.05, 4.69) is 34.5 Å². The summed E-state index contributed by atoms with van der Waals surface area (Å²) >= 11 is 0. The second kappa shape index (κ2) is 7.36. The normalized spacial score (nSPS) is 17.6. The molecule has 1 amide bonds. The molecule has 2 aromatic rings. The van der Waals surface area contributed by atoms with Crippen LogP contribution in [-0.2, 0) is 6.54 Å². The van der Waals surface area contributed by atoms with Crippen molar-refractivity contribution in [1.82, 2.24) is 10.2 Å². The van der Waals surface area contributed by atoms with Gasteiger partial charge in [-0.3, -0.25) is 9.69 Å². The van der Waals surface area contributed by atoms with E-state index in [1.165, 1.54) is 5.56 Å². The minimum absolute atomic E-state index is 0.0835. The highest BCUT2D eigenvalue weighted by Crippen LogP contribution is 2.22. The molecule has 126 valence electrons. The predicted octanol–water partition coefficient (Wildman–Crippen LogP) is 2.28. The van der Waals surface area contributed by atoms with Crippen LogP contribution in [0.5, 0.6) is 5.75 Å². The summed E-state index contributed by atoms with van der Waals surface area (Å²) in [4.78, 5) is 14.8. The number of nitrogen functional groups attached to an aromatic ring is 1. The number of carbonyl (C=O) groups excluding carboxylic acids is 1. The van der Waals surface area contributed by atoms with E-state index in [-0.39, 0.29) is 11.9 Å². The van der Waals surface area contributed by atoms with Gasteiger partial charge in [0.25, 0.3) is 5.91 Å². The van der Waals surface area contributed by atoms with Gasteiger partial charge in [0.15, 0.2) is 0 Å². The summed E-state index contributed by atoms with van der Waals surface area (Å²) in [6, 6.07) is 15.7. The lowest BCUT2D eigenvalue weighted by molar-refractivity contribution is 0.0937. The highest BCUT2D eigenvalue weighted by Gasteiger charge is 2.24. The van der Waals surface area contributed by atoms with Crippen molar-refractivity contribution in [2.45, 2.75) is 19.0 Å². The van der Waals surface area contributed by atoms with E-state index >= 15 is 0 Å². The SMILES string of the molecule is COc1cc(C(=O)N[C@@H]2CCN(Cc3ccccc3)C2)ccc1N. The predicted molar refractivity (Wildman–Crippen MR) is 95.0 cm³/mol. The number of amides is 1. The molecule has 2 aromatic carbocycles. The van der Waals surface area contributed by atoms with Crippen molar-refractivity contribution in [1.29, 1.82) is 0 Å². The first-order valence-electron chi connectivity index (χ1n) is 8.16. The Morgan fingerprint density at radius 3 is 2.83 bits per heavy atom. The third kappa shape index (κ3) is 3.86. The van der Waals surface area contributed by atoms with Crippen molar-refractivity contribution in [3.63, 3.8) is 0 Å². The molecule has 1 aliphatic heterocycles. The zero-order valence-electron chi connectivity index (χ0n) is 13.9. The minimum Gasteiger partial charge on any atom is -0.495 e. The second-order valence-electron chi connectivity index (χ2n) is 6.14. The number of methoxy groups -OCH3 is 1. The molecule has 0 radical (unpaired) electrons. The van der Waals surface area contributed by atoms with E-state index in [0.29, 0.717) is 17.0 Å². The van der Waals surface area contributed by atoms with Gasteiger partial charge >= 0.3 is 0 Å². The highest BCUT2D eigenvalue weighted by atomic mass is 16.5. The van der Waals surface area contributed by atoms with Gasteiger partial charge in [-0.05, 0) is 30.2 Å². The lowest BCUT2D eigenvalue weighted by Crippen LogP contribution is -2.37. The van der Waals surface area contributed by atoms with E-state index in [1.807, 2.05) is 6.07 Å². The summed E-state index contributed by atoms with van der Waals surface area (Å²) in [6.45, 7) is 2.78. The van der Waals surface area contributed by atoms with Crippen LogP contribution in [0.3, 0.4) is 0 Å². The second-order valence-corrected chi connectivity index (χ2v) is 6.14. The monoisotopic (exact) mass is 325 g/mol. The zero-order chi connectivity index (χ0) is 16.9. The number of hydrogen-bond acceptors (Lipinski definition) is 4. The molecule has 3 rings (SSSR count). The first kappa shape index (κ1) is 16.3. The van der Waals surface area contributed by atoms with Gasteiger partial charge in [-0.15, -0.1) is 0 Å². The van der Waals surface area contributed by atoms with Gasteiger partial charge < -0.3 is 15.8 Å². The number of rotatable bonds is 5. The number of nitrogens with one attached hydrogen (secondary N) is 1. The highest BCUT2D eigenvalue weighted by molar-refractivity contribution is 5.95. The first-order chi connectivity index (χ1) is 11.7. The maximum Gasteiger partial charge on any atom is 0.251 e. The molecule has 3 N–H and O–H groups in total. The molecule has 0 aliphatic carbocycles. The van der Waals surface area contributed by atoms with Gasteiger partial charge in [-0.2, -0.15) is 0 Å². The number of benzene rings is 2. The molecule has 5 nitrogen and oxygen atoms in total. The lowest BCUT2D eigenvalue weighted by atomic mass is 10.1. The maximum atomic E-state index is 12.4. The van der Waals surface area contributed by atoms with Crippen molar-refractivity contribution in [2.24, 2.45) is 0 Å². The molecule has 1 atom stereocenters. The molecular weight excluding hydrogens is 302 g/mol. The average molecular weight is 325 g/mol. The average Bonchev–Trinajstić information content (AvgIpc) is 3.03. The van der Waals surface area contributed by atoms with Crippen LogP contribution in [0.4, 0.5) is 5.69 Å². The molecule has 1 heterocycles. The van der Waals surface area contributed by atoms with E-state index < -0.39 is 0 Å². The summed E-state index contributed by atoms with van der Waals surface area (Å²) in [5.41, 5.74) is 8.19. The van der Waals surface area contributed by atoms with Crippen molar-refractivity contribution >= 4 is 11.6 Å². The van der Waals surface area contributed by atoms with E-state index in [9.17, 15) is 4.79 Å². The molecule has 0 saturated carbocycles. The number of nitrogens with two attached hydrogens (primary N) is 1. The lowest BCUT2D eigenvalue weighted by Gasteiger charge is -2.17. The van der Waals surface area contributed by atoms with Gasteiger partial charge in [0.1, 0.15) is 5.75 Å². The summed E-state index contributed by atoms with van der Waals surface area (Å²) in [7, 11) is 1.55. The van der Waals surface area contributed by atoms with Gasteiger partial charge in [0, 0.05) is 31.2 Å². The Kier molecular flexibility index (Phi) is 5.01. The van der Waals surface area contributed by atoms with Crippen LogP contribution >= 0.6 is 0 Å². The fraction of sp³-hybridized carbons (Fsp3) is 0.316. The number of carbonyl (C=O) groups is 1. The number of hydrogen-bond donors (Lipinski definition) is 2. The van der Waals surface area contributed by atoms with E-state index in [1.54, 1.807) is 25.3 Å². The summed E-state index contributed by atoms with van der Waals surface area (Å²) in [5, 5.41) is 3.10. The van der Waals surface area contributed by atoms with Crippen LogP contribution in [0, 0.1) is 0 Å². The molecule has 0 aromatic heterocycles. The first-order valence-corrected chi connectivity index (χ1v) is 8.16. The summed E-state index contributed by atoms with van der Waals surface area (Å²) < 4.78 is 5.18. The number of likely N-dealkylation sites (tertiary alicyclic amines) is 1. The van der Waals surface area contributed by atoms with Crippen LogP contribution in [0.25, 0.3) is 0 Å². The molecule has 1 fully saturated rings. The third-order valence-electron chi connectivity index (χ3n) is 4.35. The number of ether oxygens (including phenoxy) is 1. The smallest absolute Gasteiger partial charge is 0.251 e. The quantitative estimate of drug-likeness (QED) is 0.828. The molecule has 0 bridgehead atoms. The Balaban J connectivity index is 1.56. The molecule has 1 aliphatic rings. The van der Waals surface area contributed by atoms with Crippen LogP contribution in [-0.4, -0.2) is 37.0 Å². The fourth-order valence-electron chi connectivity index (χ4n) is 3.06. The Morgan fingerprint density at radius 1 is 1.29 bits per heavy atom. The third-order valence-corrected chi connectivity index (χ3v) is 4.35. The Labute approximate surface area is 142 Å². The summed E-state index contributed by atoms with van der Waals surface area (Å²) in [5.74, 6) is 0.444. The van der Waals surface area contributed by atoms with E-state index in [0.717, 1.165) is 26.1 Å². The van der Waals surface area contributed by atoms with Gasteiger partial charge in [-0.25, -0.2) is 0 Å². The largest absolute Gasteiger partial charge is 0.495 e. The Morgan fingerprint density at radius 2 is 2.08 bits per heavy atom. The van der Waals surface area contributed by atoms with Crippen LogP contribution in [0.1, 0.15) is 22.3 Å². The van der Waals surface area contributed by atoms with Gasteiger partial charge in [0.05, 0.1) is 12.8 Å². The number of anilines is 1. The molecule has 24 heavy (non-hydrogen) atoms. The van der Waals surface area contributed by atoms with Crippen molar-refractivity contribution < 1.29 is 9.53 Å². The topological polar surface area (TPSA) is 67.6 Å². The van der Waals surface area contributed by atoms with Gasteiger partial charge in [-0.1, -0.05) is 30.3 Å². The molecule has 1 saturated heterocycles. The van der Waals surface area contributed by atoms with Crippen LogP contribution in [0.15, 0.2) is 48.5 Å². The van der Waals surface area contributed by atoms with E-state index in [4.69, 9.17) is 10.5 Å². The van der Waals surface area contributed by atoms with Crippen LogP contribution < -0.4 is 15.8 Å². The summed E-state index contributed by atoms with van der Waals surface area (Å²) in [6.07, 6.45) is 0.963. The number of nitrogens with zero attached hydrogens (tertiary/aromatic N) is 1. The molecule has 0 spiro atoms. The van der Waals surface area contributed by atoms with Crippen LogP contribution in [0.2, 0.25) is 0 Å². The van der Waals surface area contributed by atoms with Crippen molar-refractivity contribution in [3.8, 4) is 5.75 Å². The maximum absolute atomic E-state index is 12.4. The van der Waals surface area contributed by atoms with Crippen molar-refractivity contribution in [3.05, 3.63) is 59.7 Å². The molecule has 5 heteroatoms. The minimum atomic E-state index is -0.0835. The standard InChI is InChI=1S/C19H23N3O2/c1-24-18-11-15(7-8-17(18)20)19(23)21-16-9-10-22(13-16)12-14-5-3-2-4-6-14/h2-8,11,16H,9-10,12-13,20H2,1H3,(H,21,23)/t16-/m1/s1. The molecular formula is C19H23N3O2.